The molecule has 0 aliphatic rings. The number of benzene rings is 2. The van der Waals surface area contributed by atoms with Crippen LogP contribution in [0.25, 0.3) is 22.0 Å². The monoisotopic (exact) mass is 489 g/mol. The van der Waals surface area contributed by atoms with Crippen LogP contribution in [0.4, 0.5) is 0 Å². The van der Waals surface area contributed by atoms with Crippen LogP contribution in [-0.2, 0) is 14.3 Å². The number of carbonyl (C=O) groups is 2. The van der Waals surface area contributed by atoms with Crippen molar-refractivity contribution in [1.29, 1.82) is 0 Å². The number of hydrogen-bond acceptors (Lipinski definition) is 6. The fourth-order valence-corrected chi connectivity index (χ4v) is 3.51. The van der Waals surface area contributed by atoms with Crippen LogP contribution in [0.1, 0.15) is 10.4 Å². The van der Waals surface area contributed by atoms with E-state index in [4.69, 9.17) is 25.8 Å². The molecule has 1 heterocycles. The van der Waals surface area contributed by atoms with Gasteiger partial charge in [-0.15, -0.1) is 0 Å². The number of ether oxygens (including phenoxy) is 3. The molecule has 0 unspecified atom stereocenters. The summed E-state index contributed by atoms with van der Waals surface area (Å²) in [5.41, 5.74) is 2.41. The largest absolute Gasteiger partial charge is 0.492 e. The first-order valence-electron chi connectivity index (χ1n) is 10.8. The minimum Gasteiger partial charge on any atom is -0.492 e. The molecule has 0 aliphatic carbocycles. The van der Waals surface area contributed by atoms with Crippen molar-refractivity contribution in [3.8, 4) is 16.9 Å². The van der Waals surface area contributed by atoms with Gasteiger partial charge in [-0.25, -0.2) is 4.79 Å². The van der Waals surface area contributed by atoms with E-state index in [2.05, 4.69) is 15.6 Å². The third-order valence-corrected chi connectivity index (χ3v) is 5.27. The molecule has 2 aromatic carbocycles. The second kappa shape index (κ2) is 13.0. The molecule has 182 valence electrons. The Morgan fingerprint density at radius 2 is 1.79 bits per heavy atom. The molecule has 0 bridgehead atoms. The number of aromatic nitrogens is 1. The van der Waals surface area contributed by atoms with Gasteiger partial charge in [0.15, 0.2) is 0 Å². The minimum atomic E-state index is -1.00. The standard InChI is InChI=1S/C24H28ClN3O6/c1-26-6-8-32-10-11-33-15-23(29)27-7-9-34-17-4-2-16(3-5-17)18-12-19-20(24(30)31)14-28-22(19)13-21(18)25/h2-5,12-14,26,28H,6-11,15H2,1H3,(H,27,29)(H,30,31). The molecule has 1 amide bonds. The highest BCUT2D eigenvalue weighted by atomic mass is 35.5. The average molecular weight is 490 g/mol. The van der Waals surface area contributed by atoms with Crippen LogP contribution in [-0.4, -0.2) is 75.1 Å². The Balaban J connectivity index is 1.43. The highest BCUT2D eigenvalue weighted by molar-refractivity contribution is 6.34. The number of carbonyl (C=O) groups excluding carboxylic acids is 1. The molecule has 9 nitrogen and oxygen atoms in total. The first-order chi connectivity index (χ1) is 16.5. The number of rotatable bonds is 14. The smallest absolute Gasteiger partial charge is 0.337 e. The molecule has 0 fully saturated rings. The summed E-state index contributed by atoms with van der Waals surface area (Å²) in [6.45, 7) is 2.80. The Labute approximate surface area is 202 Å². The number of halogens is 1. The predicted molar refractivity (Wildman–Crippen MR) is 130 cm³/mol. The van der Waals surface area contributed by atoms with E-state index in [0.717, 1.165) is 17.7 Å². The van der Waals surface area contributed by atoms with Gasteiger partial charge in [-0.3, -0.25) is 4.79 Å². The summed E-state index contributed by atoms with van der Waals surface area (Å²) in [4.78, 5) is 26.1. The van der Waals surface area contributed by atoms with Crippen molar-refractivity contribution >= 4 is 34.4 Å². The quantitative estimate of drug-likeness (QED) is 0.257. The molecule has 0 saturated heterocycles. The summed E-state index contributed by atoms with van der Waals surface area (Å²) in [5, 5.41) is 16.2. The van der Waals surface area contributed by atoms with Crippen LogP contribution in [0.15, 0.2) is 42.6 Å². The molecule has 0 atom stereocenters. The van der Waals surface area contributed by atoms with Gasteiger partial charge in [-0.2, -0.15) is 0 Å². The number of nitrogens with one attached hydrogen (secondary N) is 3. The fraction of sp³-hybridized carbons (Fsp3) is 0.333. The lowest BCUT2D eigenvalue weighted by atomic mass is 10.0. The molecule has 0 spiro atoms. The number of aromatic amines is 1. The summed E-state index contributed by atoms with van der Waals surface area (Å²) < 4.78 is 16.2. The Morgan fingerprint density at radius 1 is 1.03 bits per heavy atom. The van der Waals surface area contributed by atoms with Crippen LogP contribution < -0.4 is 15.4 Å². The van der Waals surface area contributed by atoms with Gasteiger partial charge < -0.3 is 34.9 Å². The number of carboxylic acid groups (broad SMARTS) is 1. The van der Waals surface area contributed by atoms with Gasteiger partial charge in [0.1, 0.15) is 19.0 Å². The molecular weight excluding hydrogens is 462 g/mol. The van der Waals surface area contributed by atoms with E-state index in [0.29, 0.717) is 54.6 Å². The van der Waals surface area contributed by atoms with Gasteiger partial charge in [0.2, 0.25) is 5.91 Å². The van der Waals surface area contributed by atoms with E-state index in [1.165, 1.54) is 6.20 Å². The molecule has 4 N–H and O–H groups in total. The predicted octanol–water partition coefficient (Wildman–Crippen LogP) is 2.93. The van der Waals surface area contributed by atoms with Crippen molar-refractivity contribution in [3.63, 3.8) is 0 Å². The first-order valence-corrected chi connectivity index (χ1v) is 11.2. The van der Waals surface area contributed by atoms with Gasteiger partial charge >= 0.3 is 5.97 Å². The molecular formula is C24H28ClN3O6. The van der Waals surface area contributed by atoms with Gasteiger partial charge in [0.25, 0.3) is 0 Å². The zero-order chi connectivity index (χ0) is 24.3. The molecule has 0 aliphatic heterocycles. The minimum absolute atomic E-state index is 0.0279. The van der Waals surface area contributed by atoms with Crippen LogP contribution in [0.3, 0.4) is 0 Å². The molecule has 10 heteroatoms. The molecule has 3 rings (SSSR count). The fourth-order valence-electron chi connectivity index (χ4n) is 3.24. The number of carboxylic acids is 1. The highest BCUT2D eigenvalue weighted by Crippen LogP contribution is 2.34. The summed E-state index contributed by atoms with van der Waals surface area (Å²) in [6.07, 6.45) is 1.45. The molecule has 1 aromatic heterocycles. The summed E-state index contributed by atoms with van der Waals surface area (Å²) in [7, 11) is 1.85. The lowest BCUT2D eigenvalue weighted by Gasteiger charge is -2.10. The topological polar surface area (TPSA) is 122 Å². The van der Waals surface area contributed by atoms with Crippen molar-refractivity contribution in [2.45, 2.75) is 0 Å². The van der Waals surface area contributed by atoms with Gasteiger partial charge in [-0.1, -0.05) is 23.7 Å². The number of H-pyrrole nitrogens is 1. The maximum Gasteiger partial charge on any atom is 0.337 e. The highest BCUT2D eigenvalue weighted by Gasteiger charge is 2.14. The maximum absolute atomic E-state index is 11.8. The molecule has 34 heavy (non-hydrogen) atoms. The van der Waals surface area contributed by atoms with Gasteiger partial charge in [-0.05, 0) is 36.9 Å². The van der Waals surface area contributed by atoms with Gasteiger partial charge in [0.05, 0.1) is 37.0 Å². The van der Waals surface area contributed by atoms with E-state index in [-0.39, 0.29) is 18.1 Å². The summed E-state index contributed by atoms with van der Waals surface area (Å²) in [5.74, 6) is -0.584. The first kappa shape index (κ1) is 25.5. The van der Waals surface area contributed by atoms with Crippen molar-refractivity contribution in [2.24, 2.45) is 0 Å². The van der Waals surface area contributed by atoms with Crippen molar-refractivity contribution in [1.82, 2.24) is 15.6 Å². The lowest BCUT2D eigenvalue weighted by molar-refractivity contribution is -0.126. The van der Waals surface area contributed by atoms with Crippen molar-refractivity contribution in [3.05, 3.63) is 53.2 Å². The normalized spacial score (nSPS) is 11.0. The Morgan fingerprint density at radius 3 is 2.53 bits per heavy atom. The second-order valence-electron chi connectivity index (χ2n) is 7.38. The van der Waals surface area contributed by atoms with Crippen LogP contribution in [0.2, 0.25) is 5.02 Å². The number of aromatic carboxylic acids is 1. The maximum atomic E-state index is 11.8. The van der Waals surface area contributed by atoms with E-state index in [1.54, 1.807) is 24.3 Å². The van der Waals surface area contributed by atoms with Crippen molar-refractivity contribution in [2.75, 3.05) is 53.2 Å². The Hall–Kier alpha value is -3.11. The van der Waals surface area contributed by atoms with Crippen molar-refractivity contribution < 1.29 is 28.9 Å². The van der Waals surface area contributed by atoms with Crippen LogP contribution in [0.5, 0.6) is 5.75 Å². The number of likely N-dealkylation sites (N-methyl/N-ethyl adjacent to an activating group) is 1. The molecule has 3 aromatic rings. The zero-order valence-corrected chi connectivity index (χ0v) is 19.6. The molecule has 0 saturated carbocycles. The SMILES string of the molecule is CNCCOCCOCC(=O)NCCOc1ccc(-c2cc3c(C(=O)O)c[nH]c3cc2Cl)cc1. The summed E-state index contributed by atoms with van der Waals surface area (Å²) in [6, 6.07) is 10.8. The third kappa shape index (κ3) is 7.19. The van der Waals surface area contributed by atoms with Crippen LogP contribution in [0, 0.1) is 0 Å². The molecule has 0 radical (unpaired) electrons. The Bertz CT molecular complexity index is 1100. The number of fused-ring (bicyclic) bond motifs is 1. The third-order valence-electron chi connectivity index (χ3n) is 4.96. The zero-order valence-electron chi connectivity index (χ0n) is 18.9. The van der Waals surface area contributed by atoms with E-state index in [9.17, 15) is 14.7 Å². The number of hydrogen-bond donors (Lipinski definition) is 4. The lowest BCUT2D eigenvalue weighted by Crippen LogP contribution is -2.31. The average Bonchev–Trinajstić information content (AvgIpc) is 3.24. The van der Waals surface area contributed by atoms with E-state index < -0.39 is 5.97 Å². The van der Waals surface area contributed by atoms with E-state index >= 15 is 0 Å². The van der Waals surface area contributed by atoms with Gasteiger partial charge in [0, 0.05) is 29.2 Å². The second-order valence-corrected chi connectivity index (χ2v) is 7.78. The van der Waals surface area contributed by atoms with Crippen LogP contribution >= 0.6 is 11.6 Å². The Kier molecular flexibility index (Phi) is 9.72. The number of amides is 1. The summed E-state index contributed by atoms with van der Waals surface area (Å²) >= 11 is 6.41. The van der Waals surface area contributed by atoms with E-state index in [1.807, 2.05) is 19.2 Å².